The van der Waals surface area contributed by atoms with Crippen LogP contribution in [0.25, 0.3) is 11.1 Å². The molecule has 1 aliphatic carbocycles. The van der Waals surface area contributed by atoms with Gasteiger partial charge in [0, 0.05) is 5.56 Å². The fourth-order valence-corrected chi connectivity index (χ4v) is 5.96. The van der Waals surface area contributed by atoms with E-state index >= 15 is 0 Å². The molecule has 236 valence electrons. The zero-order valence-electron chi connectivity index (χ0n) is 26.7. The molecule has 0 saturated heterocycles. The maximum Gasteiger partial charge on any atom is 0.343 e. The summed E-state index contributed by atoms with van der Waals surface area (Å²) in [7, 11) is 0. The van der Waals surface area contributed by atoms with E-state index < -0.39 is 11.9 Å². The molecule has 1 unspecified atom stereocenters. The van der Waals surface area contributed by atoms with Crippen LogP contribution in [-0.2, 0) is 9.53 Å². The zero-order valence-corrected chi connectivity index (χ0v) is 26.7. The van der Waals surface area contributed by atoms with Gasteiger partial charge < -0.3 is 14.2 Å². The van der Waals surface area contributed by atoms with Gasteiger partial charge in [0.05, 0.1) is 24.7 Å². The highest BCUT2D eigenvalue weighted by Crippen LogP contribution is 2.30. The largest absolute Gasteiger partial charge is 0.494 e. The molecule has 1 atom stereocenters. The van der Waals surface area contributed by atoms with E-state index in [1.54, 1.807) is 37.3 Å². The second kappa shape index (κ2) is 18.3. The fourth-order valence-electron chi connectivity index (χ4n) is 5.96. The first-order valence-corrected chi connectivity index (χ1v) is 16.9. The van der Waals surface area contributed by atoms with Crippen molar-refractivity contribution in [2.75, 3.05) is 13.2 Å². The van der Waals surface area contributed by atoms with E-state index in [-0.39, 0.29) is 5.97 Å². The number of ether oxygens (including phenoxy) is 3. The van der Waals surface area contributed by atoms with Crippen molar-refractivity contribution in [2.45, 2.75) is 103 Å². The number of carbonyl (C=O) groups is 2. The molecule has 0 amide bonds. The molecular weight excluding hydrogens is 548 g/mol. The number of carbonyl (C=O) groups excluding carboxylic acids is 2. The van der Waals surface area contributed by atoms with E-state index in [1.807, 2.05) is 42.5 Å². The average molecular weight is 599 g/mol. The normalized spacial score (nSPS) is 13.9. The Morgan fingerprint density at radius 1 is 0.750 bits per heavy atom. The van der Waals surface area contributed by atoms with Crippen LogP contribution in [0.15, 0.2) is 72.8 Å². The number of esters is 2. The molecule has 1 fully saturated rings. The quantitative estimate of drug-likeness (QED) is 0.0828. The van der Waals surface area contributed by atoms with Crippen LogP contribution < -0.4 is 9.47 Å². The van der Waals surface area contributed by atoms with Crippen LogP contribution in [0.3, 0.4) is 0 Å². The van der Waals surface area contributed by atoms with Crippen molar-refractivity contribution >= 4 is 11.9 Å². The van der Waals surface area contributed by atoms with Gasteiger partial charge in [0.2, 0.25) is 0 Å². The first kappa shape index (κ1) is 33.3. The lowest BCUT2D eigenvalue weighted by Gasteiger charge is -2.16. The maximum absolute atomic E-state index is 13.0. The van der Waals surface area contributed by atoms with Crippen LogP contribution >= 0.6 is 0 Å². The molecule has 0 heterocycles. The number of hydrogen-bond donors (Lipinski definition) is 0. The van der Waals surface area contributed by atoms with Crippen molar-refractivity contribution < 1.29 is 23.8 Å². The predicted octanol–water partition coefficient (Wildman–Crippen LogP) is 10.3. The van der Waals surface area contributed by atoms with Gasteiger partial charge in [-0.3, -0.25) is 4.79 Å². The van der Waals surface area contributed by atoms with Crippen LogP contribution in [0.4, 0.5) is 0 Å². The number of para-hydroxylation sites is 1. The highest BCUT2D eigenvalue weighted by atomic mass is 16.5. The van der Waals surface area contributed by atoms with Crippen molar-refractivity contribution in [3.63, 3.8) is 0 Å². The van der Waals surface area contributed by atoms with Gasteiger partial charge in [0.15, 0.2) is 0 Å². The first-order valence-electron chi connectivity index (χ1n) is 16.9. The minimum atomic E-state index is -0.536. The van der Waals surface area contributed by atoms with Gasteiger partial charge in [-0.25, -0.2) is 4.79 Å². The van der Waals surface area contributed by atoms with Crippen LogP contribution in [0.2, 0.25) is 0 Å². The topological polar surface area (TPSA) is 61.8 Å². The molecule has 5 heteroatoms. The van der Waals surface area contributed by atoms with Gasteiger partial charge in [-0.05, 0) is 67.1 Å². The second-order valence-corrected chi connectivity index (χ2v) is 12.2. The summed E-state index contributed by atoms with van der Waals surface area (Å²) in [6.45, 7) is 5.04. The Morgan fingerprint density at radius 3 is 2.11 bits per heavy atom. The van der Waals surface area contributed by atoms with Crippen LogP contribution in [0, 0.1) is 5.92 Å². The molecule has 0 bridgehead atoms. The van der Waals surface area contributed by atoms with E-state index in [0.717, 1.165) is 55.1 Å². The molecule has 3 aromatic carbocycles. The number of rotatable bonds is 18. The summed E-state index contributed by atoms with van der Waals surface area (Å²) in [5.74, 6) is 0.946. The SMILES string of the molecule is CCCCCOC(=O)C(C)c1ccccc1OC(=O)c1ccc(-c2ccc(OCCCCCCCC3CCCC3)cc2)cc1. The summed E-state index contributed by atoms with van der Waals surface area (Å²) in [6, 6.07) is 22.6. The number of benzene rings is 3. The van der Waals surface area contributed by atoms with Crippen LogP contribution in [0.5, 0.6) is 11.5 Å². The summed E-state index contributed by atoms with van der Waals surface area (Å²) in [4.78, 5) is 25.6. The smallest absolute Gasteiger partial charge is 0.343 e. The minimum absolute atomic E-state index is 0.314. The van der Waals surface area contributed by atoms with Crippen molar-refractivity contribution in [3.05, 3.63) is 83.9 Å². The molecule has 5 nitrogen and oxygen atoms in total. The summed E-state index contributed by atoms with van der Waals surface area (Å²) in [5.41, 5.74) is 3.13. The van der Waals surface area contributed by atoms with Gasteiger partial charge in [-0.2, -0.15) is 0 Å². The molecule has 3 aromatic rings. The van der Waals surface area contributed by atoms with E-state index in [0.29, 0.717) is 23.5 Å². The van der Waals surface area contributed by atoms with E-state index in [2.05, 4.69) is 6.92 Å². The van der Waals surface area contributed by atoms with Crippen molar-refractivity contribution in [1.29, 1.82) is 0 Å². The molecule has 0 aliphatic heterocycles. The summed E-state index contributed by atoms with van der Waals surface area (Å²) >= 11 is 0. The van der Waals surface area contributed by atoms with Gasteiger partial charge >= 0.3 is 11.9 Å². The first-order chi connectivity index (χ1) is 21.5. The van der Waals surface area contributed by atoms with Gasteiger partial charge in [0.1, 0.15) is 11.5 Å². The molecule has 0 spiro atoms. The Balaban J connectivity index is 1.21. The molecule has 0 N–H and O–H groups in total. The van der Waals surface area contributed by atoms with Crippen molar-refractivity contribution in [3.8, 4) is 22.6 Å². The minimum Gasteiger partial charge on any atom is -0.494 e. The lowest BCUT2D eigenvalue weighted by atomic mass is 9.99. The van der Waals surface area contributed by atoms with Gasteiger partial charge in [0.25, 0.3) is 0 Å². The molecular formula is C39H50O5. The Labute approximate surface area is 264 Å². The summed E-state index contributed by atoms with van der Waals surface area (Å²) in [5, 5.41) is 0. The van der Waals surface area contributed by atoms with Gasteiger partial charge in [-0.1, -0.05) is 120 Å². The summed E-state index contributed by atoms with van der Waals surface area (Å²) in [6.07, 6.45) is 16.5. The predicted molar refractivity (Wildman–Crippen MR) is 177 cm³/mol. The van der Waals surface area contributed by atoms with Crippen molar-refractivity contribution in [1.82, 2.24) is 0 Å². The Kier molecular flexibility index (Phi) is 13.8. The molecule has 1 aliphatic rings. The monoisotopic (exact) mass is 598 g/mol. The third-order valence-corrected chi connectivity index (χ3v) is 8.74. The molecule has 0 radical (unpaired) electrons. The Bertz CT molecular complexity index is 1270. The zero-order chi connectivity index (χ0) is 31.0. The van der Waals surface area contributed by atoms with Gasteiger partial charge in [-0.15, -0.1) is 0 Å². The second-order valence-electron chi connectivity index (χ2n) is 12.2. The third-order valence-electron chi connectivity index (χ3n) is 8.74. The average Bonchev–Trinajstić information content (AvgIpc) is 3.58. The number of hydrogen-bond acceptors (Lipinski definition) is 5. The lowest BCUT2D eigenvalue weighted by molar-refractivity contribution is -0.145. The molecule has 1 saturated carbocycles. The molecule has 4 rings (SSSR count). The van der Waals surface area contributed by atoms with E-state index in [4.69, 9.17) is 14.2 Å². The van der Waals surface area contributed by atoms with Crippen LogP contribution in [-0.4, -0.2) is 25.2 Å². The fraction of sp³-hybridized carbons (Fsp3) is 0.487. The van der Waals surface area contributed by atoms with E-state index in [9.17, 15) is 9.59 Å². The standard InChI is InChI=1S/C39H50O5/c1-3-4-13-29-43-38(40)30(2)36-18-11-12-19-37(36)44-39(41)34-22-20-32(21-23-34)33-24-26-35(27-25-33)42-28-14-7-5-6-8-15-31-16-9-10-17-31/h11-12,18-27,30-31H,3-10,13-17,28-29H2,1-2H3. The Morgan fingerprint density at radius 2 is 1.39 bits per heavy atom. The maximum atomic E-state index is 13.0. The van der Waals surface area contributed by atoms with Crippen molar-refractivity contribution in [2.24, 2.45) is 5.92 Å². The highest BCUT2D eigenvalue weighted by Gasteiger charge is 2.22. The Hall–Kier alpha value is -3.60. The highest BCUT2D eigenvalue weighted by molar-refractivity contribution is 5.92. The lowest BCUT2D eigenvalue weighted by Crippen LogP contribution is -2.16. The number of unbranched alkanes of at least 4 members (excludes halogenated alkanes) is 6. The molecule has 0 aromatic heterocycles. The van der Waals surface area contributed by atoms with E-state index in [1.165, 1.54) is 57.8 Å². The van der Waals surface area contributed by atoms with Crippen LogP contribution in [0.1, 0.15) is 119 Å². The molecule has 44 heavy (non-hydrogen) atoms. The summed E-state index contributed by atoms with van der Waals surface area (Å²) < 4.78 is 17.1. The third kappa shape index (κ3) is 10.5.